The van der Waals surface area contributed by atoms with Gasteiger partial charge in [0.2, 0.25) is 0 Å². The molecule has 1 N–H and O–H groups in total. The highest BCUT2D eigenvalue weighted by atomic mass is 16.2. The lowest BCUT2D eigenvalue weighted by atomic mass is 10.0. The number of amides is 1. The summed E-state index contributed by atoms with van der Waals surface area (Å²) in [5.74, 6) is 1.33. The van der Waals surface area contributed by atoms with E-state index in [1.165, 1.54) is 19.3 Å². The van der Waals surface area contributed by atoms with Crippen LogP contribution in [0.4, 0.5) is 5.82 Å². The Morgan fingerprint density at radius 2 is 2.24 bits per heavy atom. The smallest absolute Gasteiger partial charge is 0.274 e. The molecule has 0 spiro atoms. The first-order valence-electron chi connectivity index (χ1n) is 8.06. The molecule has 1 aliphatic heterocycles. The van der Waals surface area contributed by atoms with Crippen molar-refractivity contribution < 1.29 is 4.79 Å². The molecule has 1 saturated heterocycles. The predicted molar refractivity (Wildman–Crippen MR) is 84.3 cm³/mol. The van der Waals surface area contributed by atoms with Gasteiger partial charge in [0.25, 0.3) is 5.91 Å². The predicted octanol–water partition coefficient (Wildman–Crippen LogP) is 2.95. The molecular weight excluding hydrogens is 264 g/mol. The number of likely N-dealkylation sites (tertiary alicyclic amines) is 1. The Balaban J connectivity index is 1.87. The van der Waals surface area contributed by atoms with E-state index in [9.17, 15) is 4.79 Å². The lowest BCUT2D eigenvalue weighted by molar-refractivity contribution is 0.0676. The van der Waals surface area contributed by atoms with Crippen LogP contribution in [-0.2, 0) is 0 Å². The number of carbonyl (C=O) groups excluding carboxylic acids is 1. The average Bonchev–Trinajstić information content (AvgIpc) is 2.51. The highest BCUT2D eigenvalue weighted by Crippen LogP contribution is 2.17. The van der Waals surface area contributed by atoms with E-state index in [1.54, 1.807) is 12.4 Å². The van der Waals surface area contributed by atoms with Crippen LogP contribution in [0.3, 0.4) is 0 Å². The zero-order valence-electron chi connectivity index (χ0n) is 13.1. The first-order valence-corrected chi connectivity index (χ1v) is 8.06. The minimum atomic E-state index is 0.00610. The van der Waals surface area contributed by atoms with Gasteiger partial charge in [0, 0.05) is 19.6 Å². The number of hydrogen-bond acceptors (Lipinski definition) is 4. The van der Waals surface area contributed by atoms with Crippen molar-refractivity contribution in [1.29, 1.82) is 0 Å². The quantitative estimate of drug-likeness (QED) is 0.818. The number of nitrogens with one attached hydrogen (secondary N) is 1. The molecule has 0 radical (unpaired) electrons. The van der Waals surface area contributed by atoms with Crippen molar-refractivity contribution in [2.75, 3.05) is 25.0 Å². The van der Waals surface area contributed by atoms with Crippen LogP contribution in [0, 0.1) is 5.92 Å². The van der Waals surface area contributed by atoms with Gasteiger partial charge in [-0.3, -0.25) is 4.79 Å². The molecule has 0 bridgehead atoms. The number of rotatable bonds is 6. The number of carbonyl (C=O) groups is 1. The first kappa shape index (κ1) is 15.7. The molecule has 1 fully saturated rings. The van der Waals surface area contributed by atoms with E-state index in [0.29, 0.717) is 11.6 Å². The van der Waals surface area contributed by atoms with Gasteiger partial charge in [-0.1, -0.05) is 26.7 Å². The van der Waals surface area contributed by atoms with Crippen LogP contribution in [-0.4, -0.2) is 40.4 Å². The summed E-state index contributed by atoms with van der Waals surface area (Å²) in [6, 6.07) is 0. The van der Waals surface area contributed by atoms with Crippen LogP contribution in [0.1, 0.15) is 56.4 Å². The third-order valence-corrected chi connectivity index (χ3v) is 3.90. The molecule has 2 heterocycles. The van der Waals surface area contributed by atoms with Crippen LogP contribution < -0.4 is 5.32 Å². The Morgan fingerprint density at radius 3 is 2.90 bits per heavy atom. The van der Waals surface area contributed by atoms with E-state index in [-0.39, 0.29) is 5.91 Å². The Bertz CT molecular complexity index is 446. The van der Waals surface area contributed by atoms with E-state index < -0.39 is 0 Å². The van der Waals surface area contributed by atoms with Gasteiger partial charge in [-0.15, -0.1) is 0 Å². The second kappa shape index (κ2) is 7.96. The second-order valence-electron chi connectivity index (χ2n) is 5.92. The largest absolute Gasteiger partial charge is 0.369 e. The van der Waals surface area contributed by atoms with Gasteiger partial charge in [0.1, 0.15) is 11.5 Å². The molecule has 116 valence electrons. The second-order valence-corrected chi connectivity index (χ2v) is 5.92. The molecule has 1 aromatic heterocycles. The summed E-state index contributed by atoms with van der Waals surface area (Å²) in [5, 5.41) is 3.23. The molecule has 0 aliphatic carbocycles. The van der Waals surface area contributed by atoms with Crippen LogP contribution >= 0.6 is 0 Å². The number of piperidine rings is 1. The minimum Gasteiger partial charge on any atom is -0.369 e. The molecule has 1 aromatic rings. The van der Waals surface area contributed by atoms with E-state index in [2.05, 4.69) is 29.1 Å². The summed E-state index contributed by atoms with van der Waals surface area (Å²) < 4.78 is 0. The van der Waals surface area contributed by atoms with E-state index >= 15 is 0 Å². The average molecular weight is 290 g/mol. The lowest BCUT2D eigenvalue weighted by Crippen LogP contribution is -2.39. The fourth-order valence-corrected chi connectivity index (χ4v) is 2.66. The Hall–Kier alpha value is -1.65. The molecule has 5 nitrogen and oxygen atoms in total. The van der Waals surface area contributed by atoms with Crippen molar-refractivity contribution >= 4 is 11.7 Å². The van der Waals surface area contributed by atoms with Crippen molar-refractivity contribution in [3.8, 4) is 0 Å². The summed E-state index contributed by atoms with van der Waals surface area (Å²) in [4.78, 5) is 22.8. The highest BCUT2D eigenvalue weighted by molar-refractivity contribution is 5.92. The molecule has 2 rings (SSSR count). The van der Waals surface area contributed by atoms with Gasteiger partial charge in [-0.2, -0.15) is 0 Å². The molecule has 21 heavy (non-hydrogen) atoms. The van der Waals surface area contributed by atoms with E-state index in [1.807, 2.05) is 4.90 Å². The SMILES string of the molecule is CCCCCNc1cnc(C(=O)N2CCCC(C)C2)cn1. The zero-order valence-corrected chi connectivity index (χ0v) is 13.1. The summed E-state index contributed by atoms with van der Waals surface area (Å²) in [5.41, 5.74) is 0.447. The number of unbranched alkanes of at least 4 members (excludes halogenated alkanes) is 2. The molecule has 5 heteroatoms. The monoisotopic (exact) mass is 290 g/mol. The Morgan fingerprint density at radius 1 is 1.38 bits per heavy atom. The molecular formula is C16H26N4O. The Kier molecular flexibility index (Phi) is 5.96. The molecule has 1 aliphatic rings. The molecule has 0 aromatic carbocycles. The number of nitrogens with zero attached hydrogens (tertiary/aromatic N) is 3. The van der Waals surface area contributed by atoms with Gasteiger partial charge >= 0.3 is 0 Å². The van der Waals surface area contributed by atoms with Gasteiger partial charge in [-0.05, 0) is 25.2 Å². The van der Waals surface area contributed by atoms with Crippen molar-refractivity contribution in [2.24, 2.45) is 5.92 Å². The standard InChI is InChI=1S/C16H26N4O/c1-3-4-5-8-17-15-11-18-14(10-19-15)16(21)20-9-6-7-13(2)12-20/h10-11,13H,3-9,12H2,1-2H3,(H,17,19). The summed E-state index contributed by atoms with van der Waals surface area (Å²) in [6.07, 6.45) is 9.08. The minimum absolute atomic E-state index is 0.00610. The third-order valence-electron chi connectivity index (χ3n) is 3.90. The first-order chi connectivity index (χ1) is 10.2. The van der Waals surface area contributed by atoms with Gasteiger partial charge in [-0.25, -0.2) is 9.97 Å². The number of hydrogen-bond donors (Lipinski definition) is 1. The highest BCUT2D eigenvalue weighted by Gasteiger charge is 2.22. The summed E-state index contributed by atoms with van der Waals surface area (Å²) in [7, 11) is 0. The Labute approximate surface area is 127 Å². The number of anilines is 1. The maximum atomic E-state index is 12.4. The van der Waals surface area contributed by atoms with Crippen molar-refractivity contribution in [3.63, 3.8) is 0 Å². The van der Waals surface area contributed by atoms with Gasteiger partial charge in [0.05, 0.1) is 12.4 Å². The van der Waals surface area contributed by atoms with Crippen molar-refractivity contribution in [3.05, 3.63) is 18.1 Å². The van der Waals surface area contributed by atoms with Crippen LogP contribution in [0.15, 0.2) is 12.4 Å². The summed E-state index contributed by atoms with van der Waals surface area (Å²) >= 11 is 0. The maximum absolute atomic E-state index is 12.4. The number of aromatic nitrogens is 2. The van der Waals surface area contributed by atoms with E-state index in [4.69, 9.17) is 0 Å². The fourth-order valence-electron chi connectivity index (χ4n) is 2.66. The van der Waals surface area contributed by atoms with Crippen LogP contribution in [0.25, 0.3) is 0 Å². The van der Waals surface area contributed by atoms with Gasteiger partial charge in [0.15, 0.2) is 0 Å². The third kappa shape index (κ3) is 4.69. The zero-order chi connectivity index (χ0) is 15.1. The van der Waals surface area contributed by atoms with Crippen LogP contribution in [0.2, 0.25) is 0 Å². The normalized spacial score (nSPS) is 18.6. The molecule has 1 unspecified atom stereocenters. The van der Waals surface area contributed by atoms with Gasteiger partial charge < -0.3 is 10.2 Å². The molecule has 1 amide bonds. The summed E-state index contributed by atoms with van der Waals surface area (Å²) in [6.45, 7) is 6.94. The van der Waals surface area contributed by atoms with Crippen LogP contribution in [0.5, 0.6) is 0 Å². The molecule has 1 atom stereocenters. The lowest BCUT2D eigenvalue weighted by Gasteiger charge is -2.30. The van der Waals surface area contributed by atoms with Crippen molar-refractivity contribution in [2.45, 2.75) is 46.0 Å². The maximum Gasteiger partial charge on any atom is 0.274 e. The van der Waals surface area contributed by atoms with Crippen molar-refractivity contribution in [1.82, 2.24) is 14.9 Å². The van der Waals surface area contributed by atoms with E-state index in [0.717, 1.165) is 38.3 Å². The fraction of sp³-hybridized carbons (Fsp3) is 0.688. The topological polar surface area (TPSA) is 58.1 Å². The molecule has 0 saturated carbocycles.